The van der Waals surface area contributed by atoms with Gasteiger partial charge in [-0.2, -0.15) is 0 Å². The van der Waals surface area contributed by atoms with Crippen molar-refractivity contribution in [3.05, 3.63) is 10.9 Å². The van der Waals surface area contributed by atoms with Crippen LogP contribution in [0.25, 0.3) is 0 Å². The van der Waals surface area contributed by atoms with Crippen molar-refractivity contribution in [2.75, 3.05) is 37.8 Å². The monoisotopic (exact) mass is 267 g/mol. The number of amides is 1. The van der Waals surface area contributed by atoms with Crippen LogP contribution < -0.4 is 10.6 Å². The second-order valence-electron chi connectivity index (χ2n) is 5.08. The average Bonchev–Trinajstić information content (AvgIpc) is 2.93. The molecule has 1 aromatic rings. The first-order valence-electron chi connectivity index (χ1n) is 6.38. The van der Waals surface area contributed by atoms with Crippen molar-refractivity contribution in [3.63, 3.8) is 0 Å². The fraction of sp³-hybridized carbons (Fsp3) is 0.615. The van der Waals surface area contributed by atoms with Gasteiger partial charge in [0.25, 0.3) is 5.91 Å². The molecule has 2 rings (SSSR count). The zero-order valence-electron chi connectivity index (χ0n) is 11.3. The molecular weight excluding hydrogens is 246 g/mol. The molecule has 1 aromatic heterocycles. The molecule has 0 saturated carbocycles. The van der Waals surface area contributed by atoms with E-state index in [1.807, 2.05) is 6.07 Å². The minimum atomic E-state index is -0.00464. The first-order chi connectivity index (χ1) is 8.52. The predicted molar refractivity (Wildman–Crippen MR) is 77.4 cm³/mol. The van der Waals surface area contributed by atoms with E-state index in [0.29, 0.717) is 10.6 Å². The Labute approximate surface area is 112 Å². The number of rotatable bonds is 3. The Kier molecular flexibility index (Phi) is 3.80. The Morgan fingerprint density at radius 1 is 1.61 bits per heavy atom. The maximum atomic E-state index is 12.0. The number of nitrogen functional groups attached to an aromatic ring is 1. The summed E-state index contributed by atoms with van der Waals surface area (Å²) < 4.78 is 0. The van der Waals surface area contributed by atoms with Gasteiger partial charge in [0.1, 0.15) is 4.88 Å². The molecule has 0 aromatic carbocycles. The number of hydrogen-bond donors (Lipinski definition) is 1. The summed E-state index contributed by atoms with van der Waals surface area (Å²) in [6.07, 6.45) is 2.46. The lowest BCUT2D eigenvalue weighted by Gasteiger charge is -2.15. The van der Waals surface area contributed by atoms with Crippen LogP contribution in [-0.2, 0) is 0 Å². The molecule has 1 amide bonds. The van der Waals surface area contributed by atoms with Gasteiger partial charge in [0.2, 0.25) is 0 Å². The molecule has 1 saturated heterocycles. The van der Waals surface area contributed by atoms with E-state index >= 15 is 0 Å². The highest BCUT2D eigenvalue weighted by atomic mass is 32.1. The molecule has 0 radical (unpaired) electrons. The highest BCUT2D eigenvalue weighted by Gasteiger charge is 2.24. The summed E-state index contributed by atoms with van der Waals surface area (Å²) in [4.78, 5) is 16.5. The summed E-state index contributed by atoms with van der Waals surface area (Å²) in [6, 6.07) is 1.94. The molecule has 2 heterocycles. The van der Waals surface area contributed by atoms with E-state index in [0.717, 1.165) is 24.0 Å². The maximum Gasteiger partial charge on any atom is 0.265 e. The van der Waals surface area contributed by atoms with Crippen molar-refractivity contribution in [1.29, 1.82) is 0 Å². The van der Waals surface area contributed by atoms with Crippen LogP contribution in [0.3, 0.4) is 0 Å². The van der Waals surface area contributed by atoms with E-state index < -0.39 is 0 Å². The Hall–Kier alpha value is -1.23. The molecule has 1 fully saturated rings. The van der Waals surface area contributed by atoms with E-state index in [1.54, 1.807) is 19.0 Å². The number of hydrogen-bond acceptors (Lipinski definition) is 4. The van der Waals surface area contributed by atoms with Crippen molar-refractivity contribution in [3.8, 4) is 0 Å². The topological polar surface area (TPSA) is 49.6 Å². The van der Waals surface area contributed by atoms with Crippen LogP contribution in [0.4, 0.5) is 10.7 Å². The molecule has 100 valence electrons. The largest absolute Gasteiger partial charge is 0.397 e. The number of nitrogens with zero attached hydrogens (tertiary/aromatic N) is 2. The zero-order chi connectivity index (χ0) is 13.3. The molecule has 0 bridgehead atoms. The van der Waals surface area contributed by atoms with E-state index in [2.05, 4.69) is 11.8 Å². The molecule has 18 heavy (non-hydrogen) atoms. The number of thiophene rings is 1. The van der Waals surface area contributed by atoms with Gasteiger partial charge in [0, 0.05) is 27.2 Å². The minimum absolute atomic E-state index is 0.00464. The fourth-order valence-corrected chi connectivity index (χ4v) is 3.42. The molecule has 2 N–H and O–H groups in total. The second-order valence-corrected chi connectivity index (χ2v) is 6.11. The number of nitrogens with two attached hydrogens (primary N) is 1. The summed E-state index contributed by atoms with van der Waals surface area (Å²) in [5.41, 5.74) is 6.56. The van der Waals surface area contributed by atoms with Gasteiger partial charge in [-0.25, -0.2) is 0 Å². The predicted octanol–water partition coefficient (Wildman–Crippen LogP) is 2.27. The van der Waals surface area contributed by atoms with Gasteiger partial charge in [-0.05, 0) is 18.4 Å². The molecule has 5 heteroatoms. The Morgan fingerprint density at radius 2 is 2.33 bits per heavy atom. The number of anilines is 2. The van der Waals surface area contributed by atoms with Crippen LogP contribution in [0.15, 0.2) is 6.07 Å². The highest BCUT2D eigenvalue weighted by molar-refractivity contribution is 7.18. The van der Waals surface area contributed by atoms with Crippen molar-refractivity contribution in [1.82, 2.24) is 4.90 Å². The van der Waals surface area contributed by atoms with Crippen molar-refractivity contribution in [2.24, 2.45) is 5.92 Å². The Bertz CT molecular complexity index is 441. The first-order valence-corrected chi connectivity index (χ1v) is 7.20. The standard InChI is InChI=1S/C13H21N3OS/c1-4-9-5-6-16(8-9)11-7-10(14)12(18-11)13(17)15(2)3/h7,9H,4-6,8,14H2,1-3H3. The zero-order valence-corrected chi connectivity index (χ0v) is 12.1. The Balaban J connectivity index is 2.17. The summed E-state index contributed by atoms with van der Waals surface area (Å²) in [6.45, 7) is 4.40. The van der Waals surface area contributed by atoms with Crippen LogP contribution in [0.5, 0.6) is 0 Å². The molecule has 1 unspecified atom stereocenters. The third-order valence-corrected chi connectivity index (χ3v) is 4.72. The minimum Gasteiger partial charge on any atom is -0.397 e. The maximum absolute atomic E-state index is 12.0. The molecule has 4 nitrogen and oxygen atoms in total. The van der Waals surface area contributed by atoms with Crippen LogP contribution in [-0.4, -0.2) is 38.0 Å². The molecule has 1 aliphatic rings. The van der Waals surface area contributed by atoms with Crippen molar-refractivity contribution in [2.45, 2.75) is 19.8 Å². The van der Waals surface area contributed by atoms with Gasteiger partial charge in [-0.15, -0.1) is 11.3 Å². The summed E-state index contributed by atoms with van der Waals surface area (Å²) in [5, 5.41) is 1.13. The fourth-order valence-electron chi connectivity index (χ4n) is 2.28. The van der Waals surface area contributed by atoms with Crippen LogP contribution in [0.2, 0.25) is 0 Å². The summed E-state index contributed by atoms with van der Waals surface area (Å²) >= 11 is 1.52. The molecule has 0 aliphatic carbocycles. The lowest BCUT2D eigenvalue weighted by Crippen LogP contribution is -2.21. The van der Waals surface area contributed by atoms with Crippen molar-refractivity contribution >= 4 is 27.9 Å². The lowest BCUT2D eigenvalue weighted by molar-refractivity contribution is 0.0833. The van der Waals surface area contributed by atoms with E-state index in [9.17, 15) is 4.79 Å². The molecule has 0 spiro atoms. The van der Waals surface area contributed by atoms with E-state index in [-0.39, 0.29) is 5.91 Å². The number of carbonyl (C=O) groups is 1. The smallest absolute Gasteiger partial charge is 0.265 e. The summed E-state index contributed by atoms with van der Waals surface area (Å²) in [5.74, 6) is 0.774. The first kappa shape index (κ1) is 13.2. The third-order valence-electron chi connectivity index (χ3n) is 3.52. The van der Waals surface area contributed by atoms with Crippen LogP contribution in [0.1, 0.15) is 29.4 Å². The average molecular weight is 267 g/mol. The molecule has 1 atom stereocenters. The summed E-state index contributed by atoms with van der Waals surface area (Å²) in [7, 11) is 3.51. The normalized spacial score (nSPS) is 19.3. The van der Waals surface area contributed by atoms with Crippen LogP contribution in [0, 0.1) is 5.92 Å². The molecular formula is C13H21N3OS. The van der Waals surface area contributed by atoms with Gasteiger partial charge in [0.05, 0.1) is 10.7 Å². The number of carbonyl (C=O) groups excluding carboxylic acids is 1. The van der Waals surface area contributed by atoms with E-state index in [4.69, 9.17) is 5.73 Å². The Morgan fingerprint density at radius 3 is 2.89 bits per heavy atom. The SMILES string of the molecule is CCC1CCN(c2cc(N)c(C(=O)N(C)C)s2)C1. The van der Waals surface area contributed by atoms with Crippen molar-refractivity contribution < 1.29 is 4.79 Å². The quantitative estimate of drug-likeness (QED) is 0.914. The van der Waals surface area contributed by atoms with Gasteiger partial charge >= 0.3 is 0 Å². The van der Waals surface area contributed by atoms with Gasteiger partial charge in [-0.3, -0.25) is 4.79 Å². The van der Waals surface area contributed by atoms with Gasteiger partial charge < -0.3 is 15.5 Å². The van der Waals surface area contributed by atoms with E-state index in [1.165, 1.54) is 24.2 Å². The van der Waals surface area contributed by atoms with Crippen LogP contribution >= 0.6 is 11.3 Å². The van der Waals surface area contributed by atoms with Gasteiger partial charge in [-0.1, -0.05) is 13.3 Å². The highest BCUT2D eigenvalue weighted by Crippen LogP contribution is 2.36. The third kappa shape index (κ3) is 2.46. The molecule has 1 aliphatic heterocycles. The second kappa shape index (κ2) is 5.18. The lowest BCUT2D eigenvalue weighted by atomic mass is 10.1. The van der Waals surface area contributed by atoms with Gasteiger partial charge in [0.15, 0.2) is 0 Å².